The Morgan fingerprint density at radius 1 is 1.36 bits per heavy atom. The molecule has 0 saturated carbocycles. The quantitative estimate of drug-likeness (QED) is 0.844. The van der Waals surface area contributed by atoms with Gasteiger partial charge in [0.15, 0.2) is 0 Å². The van der Waals surface area contributed by atoms with Crippen LogP contribution >= 0.6 is 0 Å². The molecule has 2 aromatic rings. The topological polar surface area (TPSA) is 131 Å². The van der Waals surface area contributed by atoms with Gasteiger partial charge < -0.3 is 10.1 Å². The van der Waals surface area contributed by atoms with E-state index in [1.54, 1.807) is 6.92 Å². The minimum absolute atomic E-state index is 0.00815. The summed E-state index contributed by atoms with van der Waals surface area (Å²) in [4.78, 5) is 8.09. The molecule has 0 aliphatic carbocycles. The molecule has 0 unspecified atom stereocenters. The Hall–Kier alpha value is -2.70. The van der Waals surface area contributed by atoms with Crippen molar-refractivity contribution in [1.82, 2.24) is 9.97 Å². The number of benzene rings is 1. The molecule has 1 aromatic carbocycles. The number of hydrogen-bond acceptors (Lipinski definition) is 7. The zero-order valence-corrected chi connectivity index (χ0v) is 12.5. The molecule has 0 amide bonds. The maximum absolute atomic E-state index is 11.2. The van der Waals surface area contributed by atoms with E-state index in [-0.39, 0.29) is 22.3 Å². The molecule has 9 heteroatoms. The van der Waals surface area contributed by atoms with E-state index in [4.69, 9.17) is 15.1 Å². The monoisotopic (exact) mass is 319 g/mol. The number of sulfonamides is 1. The van der Waals surface area contributed by atoms with Crippen LogP contribution in [-0.2, 0) is 10.0 Å². The van der Waals surface area contributed by atoms with E-state index in [9.17, 15) is 8.42 Å². The molecule has 0 aliphatic heterocycles. The van der Waals surface area contributed by atoms with Gasteiger partial charge in [-0.1, -0.05) is 0 Å². The van der Waals surface area contributed by atoms with Crippen LogP contribution in [0.5, 0.6) is 5.88 Å². The van der Waals surface area contributed by atoms with E-state index < -0.39 is 10.0 Å². The lowest BCUT2D eigenvalue weighted by Crippen LogP contribution is -2.11. The van der Waals surface area contributed by atoms with E-state index >= 15 is 0 Å². The number of aromatic nitrogens is 2. The number of nitriles is 1. The maximum Gasteiger partial charge on any atom is 0.238 e. The Bertz CT molecular complexity index is 813. The normalized spacial score (nSPS) is 10.8. The molecular weight excluding hydrogens is 306 g/mol. The summed E-state index contributed by atoms with van der Waals surface area (Å²) < 4.78 is 27.6. The lowest BCUT2D eigenvalue weighted by atomic mass is 10.3. The second kappa shape index (κ2) is 6.38. The summed E-state index contributed by atoms with van der Waals surface area (Å²) in [7, 11) is -3.73. The summed E-state index contributed by atoms with van der Waals surface area (Å²) in [6.07, 6.45) is 1.35. The molecule has 22 heavy (non-hydrogen) atoms. The van der Waals surface area contributed by atoms with Crippen molar-refractivity contribution in [1.29, 1.82) is 5.26 Å². The Labute approximate surface area is 127 Å². The third-order valence-corrected chi connectivity index (χ3v) is 3.52. The predicted octanol–water partition coefficient (Wildman–Crippen LogP) is 1.14. The average molecular weight is 319 g/mol. The van der Waals surface area contributed by atoms with Gasteiger partial charge in [0.05, 0.1) is 17.7 Å². The molecule has 8 nitrogen and oxygen atoms in total. The van der Waals surface area contributed by atoms with Crippen molar-refractivity contribution in [2.75, 3.05) is 11.9 Å². The van der Waals surface area contributed by atoms with Gasteiger partial charge in [-0.05, 0) is 31.2 Å². The van der Waals surface area contributed by atoms with Gasteiger partial charge in [-0.15, -0.1) is 0 Å². The van der Waals surface area contributed by atoms with Crippen molar-refractivity contribution >= 4 is 21.7 Å². The highest BCUT2D eigenvalue weighted by atomic mass is 32.2. The van der Waals surface area contributed by atoms with Crippen LogP contribution in [0.4, 0.5) is 11.6 Å². The summed E-state index contributed by atoms with van der Waals surface area (Å²) in [6.45, 7) is 2.15. The van der Waals surface area contributed by atoms with Gasteiger partial charge in [-0.3, -0.25) is 0 Å². The molecule has 0 spiro atoms. The van der Waals surface area contributed by atoms with E-state index in [1.807, 2.05) is 6.07 Å². The number of anilines is 2. The van der Waals surface area contributed by atoms with E-state index in [2.05, 4.69) is 15.3 Å². The Balaban J connectivity index is 2.24. The third-order valence-electron chi connectivity index (χ3n) is 2.59. The molecule has 0 atom stereocenters. The molecule has 1 aromatic heterocycles. The fourth-order valence-corrected chi connectivity index (χ4v) is 2.12. The van der Waals surface area contributed by atoms with Gasteiger partial charge in [-0.2, -0.15) is 10.2 Å². The van der Waals surface area contributed by atoms with Crippen molar-refractivity contribution in [2.24, 2.45) is 5.14 Å². The number of ether oxygens (including phenoxy) is 1. The highest BCUT2D eigenvalue weighted by Gasteiger charge is 2.09. The fourth-order valence-electron chi connectivity index (χ4n) is 1.61. The Kier molecular flexibility index (Phi) is 4.55. The van der Waals surface area contributed by atoms with Crippen LogP contribution in [0.2, 0.25) is 0 Å². The standard InChI is InChI=1S/C13H13N5O3S/c1-2-21-12-9(7-14)8-16-13(18-12)17-10-3-5-11(6-4-10)22(15,19)20/h3-6,8H,2H2,1H3,(H2,15,19,20)(H,16,17,18). The number of nitrogens with two attached hydrogens (primary N) is 1. The van der Waals surface area contributed by atoms with Crippen LogP contribution in [0.15, 0.2) is 35.4 Å². The number of hydrogen-bond donors (Lipinski definition) is 2. The average Bonchev–Trinajstić information content (AvgIpc) is 2.47. The third kappa shape index (κ3) is 3.69. The molecule has 0 aliphatic rings. The molecule has 114 valence electrons. The number of primary sulfonamides is 1. The van der Waals surface area contributed by atoms with Crippen LogP contribution in [0.3, 0.4) is 0 Å². The first-order valence-electron chi connectivity index (χ1n) is 6.24. The smallest absolute Gasteiger partial charge is 0.238 e. The lowest BCUT2D eigenvalue weighted by molar-refractivity contribution is 0.325. The molecule has 1 heterocycles. The van der Waals surface area contributed by atoms with Gasteiger partial charge in [0.25, 0.3) is 0 Å². The van der Waals surface area contributed by atoms with Gasteiger partial charge in [0, 0.05) is 5.69 Å². The van der Waals surface area contributed by atoms with Gasteiger partial charge in [0.2, 0.25) is 21.9 Å². The first-order valence-corrected chi connectivity index (χ1v) is 7.78. The maximum atomic E-state index is 11.2. The summed E-state index contributed by atoms with van der Waals surface area (Å²) >= 11 is 0. The zero-order valence-electron chi connectivity index (χ0n) is 11.6. The molecule has 3 N–H and O–H groups in total. The number of nitrogens with one attached hydrogen (secondary N) is 1. The van der Waals surface area contributed by atoms with E-state index in [1.165, 1.54) is 30.5 Å². The molecule has 0 bridgehead atoms. The van der Waals surface area contributed by atoms with Crippen LogP contribution in [0.25, 0.3) is 0 Å². The van der Waals surface area contributed by atoms with E-state index in [0.29, 0.717) is 12.3 Å². The first-order chi connectivity index (χ1) is 10.4. The molecule has 2 rings (SSSR count). The van der Waals surface area contributed by atoms with Crippen molar-refractivity contribution in [3.05, 3.63) is 36.0 Å². The van der Waals surface area contributed by atoms with Crippen LogP contribution in [0, 0.1) is 11.3 Å². The first kappa shape index (κ1) is 15.7. The van der Waals surface area contributed by atoms with Crippen LogP contribution in [0.1, 0.15) is 12.5 Å². The van der Waals surface area contributed by atoms with E-state index in [0.717, 1.165) is 0 Å². The van der Waals surface area contributed by atoms with Crippen LogP contribution < -0.4 is 15.2 Å². The fraction of sp³-hybridized carbons (Fsp3) is 0.154. The zero-order chi connectivity index (χ0) is 16.2. The number of rotatable bonds is 5. The van der Waals surface area contributed by atoms with Crippen LogP contribution in [-0.4, -0.2) is 25.0 Å². The number of nitrogens with zero attached hydrogens (tertiary/aromatic N) is 3. The SMILES string of the molecule is CCOc1nc(Nc2ccc(S(N)(=O)=O)cc2)ncc1C#N. The van der Waals surface area contributed by atoms with Crippen molar-refractivity contribution in [3.63, 3.8) is 0 Å². The second-order valence-corrected chi connectivity index (χ2v) is 5.71. The lowest BCUT2D eigenvalue weighted by Gasteiger charge is -2.08. The minimum Gasteiger partial charge on any atom is -0.477 e. The summed E-state index contributed by atoms with van der Waals surface area (Å²) in [5.41, 5.74) is 0.802. The molecule has 0 radical (unpaired) electrons. The van der Waals surface area contributed by atoms with Gasteiger partial charge >= 0.3 is 0 Å². The van der Waals surface area contributed by atoms with Gasteiger partial charge in [-0.25, -0.2) is 18.5 Å². The highest BCUT2D eigenvalue weighted by molar-refractivity contribution is 7.89. The molecule has 0 saturated heterocycles. The summed E-state index contributed by atoms with van der Waals surface area (Å²) in [5, 5.41) is 16.8. The largest absolute Gasteiger partial charge is 0.477 e. The molecular formula is C13H13N5O3S. The van der Waals surface area contributed by atoms with Crippen molar-refractivity contribution < 1.29 is 13.2 Å². The van der Waals surface area contributed by atoms with Gasteiger partial charge in [0.1, 0.15) is 11.6 Å². The highest BCUT2D eigenvalue weighted by Crippen LogP contribution is 2.19. The Morgan fingerprint density at radius 2 is 2.05 bits per heavy atom. The molecule has 0 fully saturated rings. The summed E-state index contributed by atoms with van der Waals surface area (Å²) in [6, 6.07) is 7.73. The summed E-state index contributed by atoms with van der Waals surface area (Å²) in [5.74, 6) is 0.412. The van der Waals surface area contributed by atoms with Crippen molar-refractivity contribution in [3.8, 4) is 11.9 Å². The van der Waals surface area contributed by atoms with Crippen molar-refractivity contribution in [2.45, 2.75) is 11.8 Å². The predicted molar refractivity (Wildman–Crippen MR) is 79.0 cm³/mol. The second-order valence-electron chi connectivity index (χ2n) is 4.15. The Morgan fingerprint density at radius 3 is 2.59 bits per heavy atom. The minimum atomic E-state index is -3.73.